The van der Waals surface area contributed by atoms with Crippen LogP contribution in [0.3, 0.4) is 0 Å². The van der Waals surface area contributed by atoms with Crippen molar-refractivity contribution in [2.24, 2.45) is 0 Å². The van der Waals surface area contributed by atoms with Crippen molar-refractivity contribution >= 4 is 15.9 Å². The van der Waals surface area contributed by atoms with Gasteiger partial charge < -0.3 is 10.1 Å². The molecule has 0 radical (unpaired) electrons. The first kappa shape index (κ1) is 19.6. The van der Waals surface area contributed by atoms with E-state index < -0.39 is 44.6 Å². The van der Waals surface area contributed by atoms with Crippen molar-refractivity contribution in [3.8, 4) is 0 Å². The van der Waals surface area contributed by atoms with Crippen molar-refractivity contribution in [1.29, 1.82) is 0 Å². The maximum Gasteiger partial charge on any atom is 0.416 e. The summed E-state index contributed by atoms with van der Waals surface area (Å²) in [6.45, 7) is 5.32. The first-order valence-electron chi connectivity index (χ1n) is 7.69. The second kappa shape index (κ2) is 6.51. The summed E-state index contributed by atoms with van der Waals surface area (Å²) in [5.41, 5.74) is -1.49. The van der Waals surface area contributed by atoms with Crippen LogP contribution in [-0.4, -0.2) is 31.4 Å². The van der Waals surface area contributed by atoms with Gasteiger partial charge in [0.25, 0.3) is 0 Å². The molecule has 0 spiro atoms. The topological polar surface area (TPSA) is 72.5 Å². The van der Waals surface area contributed by atoms with E-state index in [2.05, 4.69) is 5.32 Å². The molecule has 1 N–H and O–H groups in total. The summed E-state index contributed by atoms with van der Waals surface area (Å²) < 4.78 is 68.2. The number of amides is 1. The van der Waals surface area contributed by atoms with Gasteiger partial charge in [0.05, 0.1) is 15.7 Å². The van der Waals surface area contributed by atoms with E-state index in [4.69, 9.17) is 4.74 Å². The monoisotopic (exact) mass is 379 g/mol. The van der Waals surface area contributed by atoms with Gasteiger partial charge in [-0.15, -0.1) is 0 Å². The largest absolute Gasteiger partial charge is 0.446 e. The van der Waals surface area contributed by atoms with Gasteiger partial charge in [-0.25, -0.2) is 13.2 Å². The smallest absolute Gasteiger partial charge is 0.416 e. The number of hydrogen-bond acceptors (Lipinski definition) is 4. The number of ether oxygens (including phenoxy) is 1. The van der Waals surface area contributed by atoms with E-state index in [1.165, 1.54) is 0 Å². The lowest BCUT2D eigenvalue weighted by molar-refractivity contribution is -0.137. The minimum Gasteiger partial charge on any atom is -0.446 e. The molecule has 5 nitrogen and oxygen atoms in total. The Morgan fingerprint density at radius 1 is 1.20 bits per heavy atom. The molecular weight excluding hydrogens is 359 g/mol. The Kier molecular flexibility index (Phi) is 5.09. The number of carbonyl (C=O) groups is 1. The van der Waals surface area contributed by atoms with Gasteiger partial charge in [-0.1, -0.05) is 6.07 Å². The summed E-state index contributed by atoms with van der Waals surface area (Å²) in [6.07, 6.45) is -5.69. The number of carbonyl (C=O) groups excluding carboxylic acids is 1. The van der Waals surface area contributed by atoms with E-state index in [-0.39, 0.29) is 17.7 Å². The van der Waals surface area contributed by atoms with E-state index in [0.717, 1.165) is 18.2 Å². The molecule has 1 aliphatic rings. The van der Waals surface area contributed by atoms with Crippen LogP contribution in [0.15, 0.2) is 29.2 Å². The fraction of sp³-hybridized carbons (Fsp3) is 0.562. The highest BCUT2D eigenvalue weighted by Crippen LogP contribution is 2.36. The van der Waals surface area contributed by atoms with Gasteiger partial charge in [0.1, 0.15) is 6.10 Å². The number of benzene rings is 1. The first-order valence-corrected chi connectivity index (χ1v) is 9.23. The van der Waals surface area contributed by atoms with Crippen LogP contribution in [0.5, 0.6) is 0 Å². The number of sulfone groups is 1. The average Bonchev–Trinajstić information content (AvgIpc) is 2.39. The fourth-order valence-electron chi connectivity index (χ4n) is 2.40. The summed E-state index contributed by atoms with van der Waals surface area (Å²) in [5, 5.41) is 1.73. The lowest BCUT2D eigenvalue weighted by Gasteiger charge is -2.35. The molecule has 0 bridgehead atoms. The Hall–Kier alpha value is -1.77. The maximum atomic E-state index is 12.7. The van der Waals surface area contributed by atoms with Crippen molar-refractivity contribution in [2.75, 3.05) is 0 Å². The van der Waals surface area contributed by atoms with Crippen molar-refractivity contribution in [1.82, 2.24) is 5.32 Å². The van der Waals surface area contributed by atoms with Crippen molar-refractivity contribution in [2.45, 2.75) is 61.6 Å². The molecule has 1 aromatic carbocycles. The van der Waals surface area contributed by atoms with E-state index in [1.807, 2.05) is 0 Å². The van der Waals surface area contributed by atoms with Crippen molar-refractivity contribution in [3.05, 3.63) is 29.8 Å². The molecule has 1 aromatic rings. The van der Waals surface area contributed by atoms with Crippen LogP contribution in [0.1, 0.15) is 39.2 Å². The third kappa shape index (κ3) is 4.87. The highest BCUT2D eigenvalue weighted by molar-refractivity contribution is 7.92. The minimum atomic E-state index is -4.61. The molecule has 0 heterocycles. The normalized spacial score (nSPS) is 21.4. The number of halogens is 3. The molecule has 0 aliphatic heterocycles. The Balaban J connectivity index is 2.01. The molecule has 1 saturated carbocycles. The second-order valence-corrected chi connectivity index (χ2v) is 9.29. The van der Waals surface area contributed by atoms with Crippen LogP contribution in [-0.2, 0) is 20.8 Å². The zero-order valence-corrected chi connectivity index (χ0v) is 14.9. The van der Waals surface area contributed by atoms with Crippen LogP contribution in [0, 0.1) is 0 Å². The molecule has 2 rings (SSSR count). The quantitative estimate of drug-likeness (QED) is 0.872. The van der Waals surface area contributed by atoms with Gasteiger partial charge in [-0.3, -0.25) is 0 Å². The van der Waals surface area contributed by atoms with Crippen LogP contribution in [0.25, 0.3) is 0 Å². The molecule has 0 unspecified atom stereocenters. The number of hydrogen-bond donors (Lipinski definition) is 1. The number of nitrogens with one attached hydrogen (secondary N) is 1. The van der Waals surface area contributed by atoms with E-state index >= 15 is 0 Å². The lowest BCUT2D eigenvalue weighted by Crippen LogP contribution is -2.47. The lowest BCUT2D eigenvalue weighted by atomic mass is 9.95. The predicted molar refractivity (Wildman–Crippen MR) is 84.8 cm³/mol. The zero-order chi connectivity index (χ0) is 19.0. The molecule has 0 atom stereocenters. The van der Waals surface area contributed by atoms with Crippen LogP contribution in [0.2, 0.25) is 0 Å². The summed E-state index contributed by atoms with van der Waals surface area (Å²) >= 11 is 0. The van der Waals surface area contributed by atoms with Gasteiger partial charge in [0.15, 0.2) is 9.84 Å². The van der Waals surface area contributed by atoms with Crippen LogP contribution < -0.4 is 5.32 Å². The molecule has 0 saturated heterocycles. The first-order chi connectivity index (χ1) is 11.3. The third-order valence-electron chi connectivity index (χ3n) is 3.73. The second-order valence-electron chi connectivity index (χ2n) is 7.07. The molecule has 1 amide bonds. The minimum absolute atomic E-state index is 0.0656. The van der Waals surface area contributed by atoms with Gasteiger partial charge in [0.2, 0.25) is 0 Å². The van der Waals surface area contributed by atoms with E-state index in [1.54, 1.807) is 20.8 Å². The van der Waals surface area contributed by atoms with Gasteiger partial charge in [-0.2, -0.15) is 13.2 Å². The summed E-state index contributed by atoms with van der Waals surface area (Å²) in [4.78, 5) is 11.3. The van der Waals surface area contributed by atoms with Crippen LogP contribution in [0.4, 0.5) is 18.0 Å². The number of alkyl halides is 3. The maximum absolute atomic E-state index is 12.7. The zero-order valence-electron chi connectivity index (χ0n) is 14.1. The Morgan fingerprint density at radius 2 is 1.80 bits per heavy atom. The summed E-state index contributed by atoms with van der Waals surface area (Å²) in [7, 11) is -3.90. The standard InChI is InChI=1S/C16H20F3NO4S/c1-15(2,3)20-14(21)24-11-8-13(9-11)25(22,23)12-6-4-5-10(7-12)16(17,18)19/h4-7,11,13H,8-9H2,1-3H3,(H,20,21). The van der Waals surface area contributed by atoms with Crippen molar-refractivity contribution < 1.29 is 31.1 Å². The highest BCUT2D eigenvalue weighted by Gasteiger charge is 2.42. The third-order valence-corrected chi connectivity index (χ3v) is 5.90. The average molecular weight is 379 g/mol. The summed E-state index contributed by atoms with van der Waals surface area (Å²) in [5.74, 6) is 0. The van der Waals surface area contributed by atoms with Gasteiger partial charge in [0, 0.05) is 18.4 Å². The van der Waals surface area contributed by atoms with Crippen LogP contribution >= 0.6 is 0 Å². The van der Waals surface area contributed by atoms with Gasteiger partial charge in [-0.05, 0) is 39.0 Å². The fourth-order valence-corrected chi connectivity index (χ4v) is 4.28. The number of alkyl carbamates (subject to hydrolysis) is 1. The summed E-state index contributed by atoms with van der Waals surface area (Å²) in [6, 6.07) is 3.67. The molecule has 0 aromatic heterocycles. The molecule has 25 heavy (non-hydrogen) atoms. The Bertz CT molecular complexity index is 747. The number of rotatable bonds is 3. The molecule has 1 aliphatic carbocycles. The molecular formula is C16H20F3NO4S. The molecule has 9 heteroatoms. The highest BCUT2D eigenvalue weighted by atomic mass is 32.2. The Morgan fingerprint density at radius 3 is 2.32 bits per heavy atom. The van der Waals surface area contributed by atoms with Crippen molar-refractivity contribution in [3.63, 3.8) is 0 Å². The predicted octanol–water partition coefficient (Wildman–Crippen LogP) is 3.53. The van der Waals surface area contributed by atoms with E-state index in [9.17, 15) is 26.4 Å². The van der Waals surface area contributed by atoms with Gasteiger partial charge >= 0.3 is 12.3 Å². The Labute approximate surface area is 144 Å². The van der Waals surface area contributed by atoms with E-state index in [0.29, 0.717) is 6.07 Å². The molecule has 1 fully saturated rings. The SMILES string of the molecule is CC(C)(C)NC(=O)OC1CC(S(=O)(=O)c2cccc(C(F)(F)F)c2)C1. The molecule has 140 valence electrons.